The molecule has 12 heteroatoms. The number of ether oxygens (including phenoxy) is 5. The Morgan fingerprint density at radius 1 is 1.06 bits per heavy atom. The van der Waals surface area contributed by atoms with Crippen molar-refractivity contribution in [3.63, 3.8) is 0 Å². The Bertz CT molecular complexity index is 958. The van der Waals surface area contributed by atoms with E-state index in [0.717, 1.165) is 0 Å². The van der Waals surface area contributed by atoms with E-state index in [1.54, 1.807) is 12.1 Å². The van der Waals surface area contributed by atoms with E-state index in [9.17, 15) is 13.2 Å². The maximum absolute atomic E-state index is 12.3. The topological polar surface area (TPSA) is 46.2 Å². The van der Waals surface area contributed by atoms with Crippen molar-refractivity contribution in [3.05, 3.63) is 68.1 Å². The van der Waals surface area contributed by atoms with Gasteiger partial charge in [0.2, 0.25) is 0 Å². The Morgan fingerprint density at radius 2 is 1.74 bits per heavy atom. The van der Waals surface area contributed by atoms with Gasteiger partial charge in [0.25, 0.3) is 0 Å². The van der Waals surface area contributed by atoms with Crippen LogP contribution in [0.5, 0.6) is 11.5 Å². The summed E-state index contributed by atoms with van der Waals surface area (Å²) in [5, 5.41) is 0.741. The van der Waals surface area contributed by atoms with Crippen molar-refractivity contribution in [1.82, 2.24) is 0 Å². The highest BCUT2D eigenvalue weighted by molar-refractivity contribution is 6.55. The number of hydrogen-bond acceptors (Lipinski definition) is 5. The second-order valence-electron chi connectivity index (χ2n) is 7.05. The number of halogens is 7. The van der Waals surface area contributed by atoms with Crippen LogP contribution in [0.1, 0.15) is 23.8 Å². The molecular weight excluding hydrogens is 543 g/mol. The first kappa shape index (κ1) is 27.2. The second-order valence-corrected chi connectivity index (χ2v) is 8.87. The van der Waals surface area contributed by atoms with Gasteiger partial charge in [0.15, 0.2) is 6.29 Å². The summed E-state index contributed by atoms with van der Waals surface area (Å²) in [6.07, 6.45) is -3.72. The predicted octanol–water partition coefficient (Wildman–Crippen LogP) is 7.61. The van der Waals surface area contributed by atoms with E-state index < -0.39 is 12.7 Å². The molecule has 5 nitrogen and oxygen atoms in total. The fourth-order valence-electron chi connectivity index (χ4n) is 3.01. The first-order valence-electron chi connectivity index (χ1n) is 9.93. The van der Waals surface area contributed by atoms with Gasteiger partial charge in [0.1, 0.15) is 22.6 Å². The number of benzene rings is 2. The fourth-order valence-corrected chi connectivity index (χ4v) is 3.71. The molecule has 2 aromatic rings. The molecule has 2 unspecified atom stereocenters. The van der Waals surface area contributed by atoms with E-state index in [1.165, 1.54) is 30.3 Å². The predicted molar refractivity (Wildman–Crippen MR) is 123 cm³/mol. The quantitative estimate of drug-likeness (QED) is 0.315. The van der Waals surface area contributed by atoms with Gasteiger partial charge in [-0.2, -0.15) is 0 Å². The van der Waals surface area contributed by atoms with Crippen LogP contribution in [-0.4, -0.2) is 32.3 Å². The molecule has 0 amide bonds. The molecule has 0 aromatic heterocycles. The lowest BCUT2D eigenvalue weighted by atomic mass is 10.1. The largest absolute Gasteiger partial charge is 0.573 e. The Labute approximate surface area is 214 Å². The summed E-state index contributed by atoms with van der Waals surface area (Å²) in [6, 6.07) is 8.52. The van der Waals surface area contributed by atoms with Gasteiger partial charge in [0.05, 0.1) is 36.0 Å². The van der Waals surface area contributed by atoms with E-state index in [2.05, 4.69) is 4.74 Å². The summed E-state index contributed by atoms with van der Waals surface area (Å²) in [5.41, 5.74) is 1.15. The van der Waals surface area contributed by atoms with Crippen LogP contribution in [0.2, 0.25) is 10.0 Å². The molecule has 1 aliphatic rings. The Balaban J connectivity index is 1.51. The summed E-state index contributed by atoms with van der Waals surface area (Å²) >= 11 is 23.7. The zero-order valence-electron chi connectivity index (χ0n) is 17.4. The maximum atomic E-state index is 12.3. The van der Waals surface area contributed by atoms with E-state index in [4.69, 9.17) is 65.4 Å². The average Bonchev–Trinajstić information content (AvgIpc) is 2.75. The number of alkyl halides is 3. The zero-order chi connectivity index (χ0) is 24.7. The summed E-state index contributed by atoms with van der Waals surface area (Å²) in [5.74, 6) is 0.128. The molecule has 0 bridgehead atoms. The lowest BCUT2D eigenvalue weighted by Crippen LogP contribution is -2.30. The molecule has 2 atom stereocenters. The van der Waals surface area contributed by atoms with Crippen LogP contribution in [0.25, 0.3) is 0 Å². The van der Waals surface area contributed by atoms with Crippen molar-refractivity contribution in [2.75, 3.05) is 19.8 Å². The average molecular weight is 562 g/mol. The SMILES string of the molecule is FC(F)(F)Oc1ccc(C2OCCC(COCc3c(Cl)cc(OCC=C(Cl)Cl)cc3Cl)O2)cc1. The normalized spacial score (nSPS) is 18.4. The Kier molecular flexibility index (Phi) is 10.0. The smallest absolute Gasteiger partial charge is 0.489 e. The van der Waals surface area contributed by atoms with Crippen LogP contribution < -0.4 is 9.47 Å². The number of rotatable bonds is 9. The van der Waals surface area contributed by atoms with Crippen molar-refractivity contribution in [2.45, 2.75) is 31.8 Å². The molecule has 3 rings (SSSR count). The highest BCUT2D eigenvalue weighted by Gasteiger charge is 2.31. The molecule has 2 aromatic carbocycles. The summed E-state index contributed by atoms with van der Waals surface area (Å²) in [6.45, 7) is 0.929. The number of hydrogen-bond donors (Lipinski definition) is 0. The molecule has 0 spiro atoms. The van der Waals surface area contributed by atoms with E-state index >= 15 is 0 Å². The molecule has 1 aliphatic heterocycles. The first-order chi connectivity index (χ1) is 16.1. The first-order valence-corrected chi connectivity index (χ1v) is 11.4. The molecular formula is C22H19Cl4F3O5. The van der Waals surface area contributed by atoms with Crippen LogP contribution >= 0.6 is 46.4 Å². The highest BCUT2D eigenvalue weighted by Crippen LogP contribution is 2.32. The monoisotopic (exact) mass is 560 g/mol. The lowest BCUT2D eigenvalue weighted by Gasteiger charge is -2.30. The van der Waals surface area contributed by atoms with Gasteiger partial charge in [-0.15, -0.1) is 13.2 Å². The van der Waals surface area contributed by atoms with Gasteiger partial charge in [0, 0.05) is 11.1 Å². The minimum absolute atomic E-state index is 0.0901. The minimum Gasteiger partial charge on any atom is -0.489 e. The third-order valence-electron chi connectivity index (χ3n) is 4.56. The summed E-state index contributed by atoms with van der Waals surface area (Å²) in [4.78, 5) is 0. The molecule has 34 heavy (non-hydrogen) atoms. The van der Waals surface area contributed by atoms with Gasteiger partial charge in [-0.3, -0.25) is 0 Å². The highest BCUT2D eigenvalue weighted by atomic mass is 35.5. The third-order valence-corrected chi connectivity index (χ3v) is 5.55. The van der Waals surface area contributed by atoms with Crippen molar-refractivity contribution in [2.24, 2.45) is 0 Å². The Hall–Kier alpha value is -1.39. The van der Waals surface area contributed by atoms with E-state index in [-0.39, 0.29) is 36.2 Å². The third kappa shape index (κ3) is 8.68. The maximum Gasteiger partial charge on any atom is 0.573 e. The van der Waals surface area contributed by atoms with Gasteiger partial charge in [-0.25, -0.2) is 0 Å². The minimum atomic E-state index is -4.75. The molecule has 1 heterocycles. The molecule has 186 valence electrons. The van der Waals surface area contributed by atoms with Gasteiger partial charge in [-0.05, 0) is 36.8 Å². The summed E-state index contributed by atoms with van der Waals surface area (Å²) < 4.78 is 63.6. The molecule has 0 N–H and O–H groups in total. The second kappa shape index (κ2) is 12.5. The van der Waals surface area contributed by atoms with Crippen LogP contribution in [0.15, 0.2) is 47.0 Å². The van der Waals surface area contributed by atoms with Crippen LogP contribution in [0.4, 0.5) is 13.2 Å². The van der Waals surface area contributed by atoms with Crippen molar-refractivity contribution in [3.8, 4) is 11.5 Å². The van der Waals surface area contributed by atoms with Gasteiger partial charge < -0.3 is 23.7 Å². The van der Waals surface area contributed by atoms with Crippen molar-refractivity contribution < 1.29 is 36.9 Å². The van der Waals surface area contributed by atoms with Crippen molar-refractivity contribution >= 4 is 46.4 Å². The van der Waals surface area contributed by atoms with Crippen LogP contribution in [0.3, 0.4) is 0 Å². The summed E-state index contributed by atoms with van der Waals surface area (Å²) in [7, 11) is 0. The van der Waals surface area contributed by atoms with Crippen molar-refractivity contribution in [1.29, 1.82) is 0 Å². The Morgan fingerprint density at radius 3 is 2.35 bits per heavy atom. The van der Waals surface area contributed by atoms with E-state index in [0.29, 0.717) is 39.9 Å². The fraction of sp³-hybridized carbons (Fsp3) is 0.364. The molecule has 0 saturated carbocycles. The standard InChI is InChI=1S/C22H19Cl4F3O5/c23-18-9-16(31-8-6-20(25)26)10-19(24)17(18)12-30-11-15-5-7-32-21(33-15)13-1-3-14(4-2-13)34-22(27,28)29/h1-4,6,9-10,15,21H,5,7-8,11-12H2. The lowest BCUT2D eigenvalue weighted by molar-refractivity contribution is -0.274. The zero-order valence-corrected chi connectivity index (χ0v) is 20.4. The van der Waals surface area contributed by atoms with Crippen LogP contribution in [-0.2, 0) is 20.8 Å². The van der Waals surface area contributed by atoms with Crippen LogP contribution in [0, 0.1) is 0 Å². The van der Waals surface area contributed by atoms with Gasteiger partial charge in [-0.1, -0.05) is 58.5 Å². The molecule has 1 saturated heterocycles. The molecule has 1 fully saturated rings. The molecule has 0 aliphatic carbocycles. The van der Waals surface area contributed by atoms with E-state index in [1.807, 2.05) is 0 Å². The molecule has 0 radical (unpaired) electrons. The van der Waals surface area contributed by atoms with Gasteiger partial charge >= 0.3 is 6.36 Å².